The highest BCUT2D eigenvalue weighted by molar-refractivity contribution is 9.10. The Morgan fingerprint density at radius 3 is 2.46 bits per heavy atom. The van der Waals surface area contributed by atoms with E-state index in [1.54, 1.807) is 44.1 Å². The van der Waals surface area contributed by atoms with Gasteiger partial charge in [-0.2, -0.15) is 10.5 Å². The van der Waals surface area contributed by atoms with Crippen LogP contribution in [0.5, 0.6) is 5.75 Å². The van der Waals surface area contributed by atoms with Gasteiger partial charge in [-0.25, -0.2) is 15.0 Å². The fraction of sp³-hybridized carbons (Fsp3) is 0.185. The van der Waals surface area contributed by atoms with Gasteiger partial charge in [0, 0.05) is 25.2 Å². The number of aromatic nitrogens is 5. The second-order valence-corrected chi connectivity index (χ2v) is 9.23. The van der Waals surface area contributed by atoms with Crippen molar-refractivity contribution in [2.24, 2.45) is 0 Å². The fourth-order valence-corrected chi connectivity index (χ4v) is 4.43. The molecule has 196 valence electrons. The number of anilines is 1. The van der Waals surface area contributed by atoms with Crippen LogP contribution in [-0.2, 0) is 17.7 Å². The van der Waals surface area contributed by atoms with E-state index in [9.17, 15) is 15.3 Å². The monoisotopic (exact) mass is 586 g/mol. The molecule has 0 aliphatic heterocycles. The molecule has 0 aliphatic rings. The summed E-state index contributed by atoms with van der Waals surface area (Å²) in [4.78, 5) is 29.0. The molecule has 3 heterocycles. The molecular weight excluding hydrogens is 564 g/mol. The molecule has 0 amide bonds. The van der Waals surface area contributed by atoms with Crippen LogP contribution in [0.3, 0.4) is 0 Å². The quantitative estimate of drug-likeness (QED) is 0.309. The number of nitriles is 2. The number of aryl methyl sites for hydroxylation is 2. The summed E-state index contributed by atoms with van der Waals surface area (Å²) in [5, 5.41) is 19.4. The molecule has 0 atom stereocenters. The number of hydrogen-bond acceptors (Lipinski definition) is 9. The number of nitrogens with two attached hydrogens (primary N) is 1. The number of nitrogens with one attached hydrogen (secondary N) is 1. The van der Waals surface area contributed by atoms with Crippen molar-refractivity contribution in [3.8, 4) is 29.3 Å². The van der Waals surface area contributed by atoms with Crippen molar-refractivity contribution in [2.75, 3.05) is 27.1 Å². The normalized spacial score (nSPS) is 10.5. The molecule has 0 saturated heterocycles. The summed E-state index contributed by atoms with van der Waals surface area (Å²) in [5.74, 6) is 1.18. The molecule has 5 aromatic rings. The van der Waals surface area contributed by atoms with E-state index in [0.29, 0.717) is 35.1 Å². The van der Waals surface area contributed by atoms with E-state index in [1.807, 2.05) is 36.4 Å². The molecule has 5 rings (SSSR count). The highest BCUT2D eigenvalue weighted by Gasteiger charge is 2.24. The number of nitrogens with zero attached hydrogens (tertiary/aromatic N) is 6. The van der Waals surface area contributed by atoms with Gasteiger partial charge >= 0.3 is 0 Å². The molecule has 3 aromatic heterocycles. The van der Waals surface area contributed by atoms with Crippen LogP contribution >= 0.6 is 15.9 Å². The summed E-state index contributed by atoms with van der Waals surface area (Å²) in [5.41, 5.74) is 8.39. The van der Waals surface area contributed by atoms with E-state index in [0.717, 1.165) is 15.8 Å². The van der Waals surface area contributed by atoms with Crippen molar-refractivity contribution in [1.29, 1.82) is 10.5 Å². The van der Waals surface area contributed by atoms with E-state index in [1.165, 1.54) is 0 Å². The Labute approximate surface area is 231 Å². The first-order chi connectivity index (χ1) is 18.8. The average Bonchev–Trinajstić information content (AvgIpc) is 3.21. The lowest BCUT2D eigenvalue weighted by molar-refractivity contribution is 0.277. The third-order valence-corrected chi connectivity index (χ3v) is 6.28. The Hall–Kier alpha value is -4.78. The number of nitrogen functional groups attached to an aromatic ring is 1. The van der Waals surface area contributed by atoms with Crippen molar-refractivity contribution >= 4 is 43.8 Å². The number of halogens is 1. The molecule has 39 heavy (non-hydrogen) atoms. The van der Waals surface area contributed by atoms with E-state index in [-0.39, 0.29) is 34.1 Å². The van der Waals surface area contributed by atoms with Gasteiger partial charge in [-0.15, -0.1) is 0 Å². The van der Waals surface area contributed by atoms with E-state index in [4.69, 9.17) is 10.5 Å². The van der Waals surface area contributed by atoms with Crippen LogP contribution in [0.15, 0.2) is 51.7 Å². The van der Waals surface area contributed by atoms with Crippen molar-refractivity contribution in [3.63, 3.8) is 0 Å². The van der Waals surface area contributed by atoms with Gasteiger partial charge in [-0.05, 0) is 42.3 Å². The third-order valence-electron chi connectivity index (χ3n) is 5.79. The van der Waals surface area contributed by atoms with E-state index in [2.05, 4.69) is 40.6 Å². The number of aromatic amines is 1. The lowest BCUT2D eigenvalue weighted by Crippen LogP contribution is -2.11. The van der Waals surface area contributed by atoms with Gasteiger partial charge in [0.1, 0.15) is 35.0 Å². The molecule has 11 nitrogen and oxygen atoms in total. The predicted octanol–water partition coefficient (Wildman–Crippen LogP) is 3.94. The molecule has 12 heteroatoms. The number of rotatable bonds is 5. The largest absolute Gasteiger partial charge is 0.497 e. The van der Waals surface area contributed by atoms with Gasteiger partial charge in [-0.3, -0.25) is 4.79 Å². The molecular formula is C27H23BrN8O3. The second-order valence-electron chi connectivity index (χ2n) is 8.31. The van der Waals surface area contributed by atoms with E-state index >= 15 is 0 Å². The maximum Gasteiger partial charge on any atom is 0.259 e. The van der Waals surface area contributed by atoms with Gasteiger partial charge in [0.15, 0.2) is 17.0 Å². The lowest BCUT2D eigenvalue weighted by atomic mass is 10.1. The Kier molecular flexibility index (Phi) is 8.20. The predicted molar refractivity (Wildman–Crippen MR) is 150 cm³/mol. The minimum atomic E-state index is -0.352. The second kappa shape index (κ2) is 11.7. The van der Waals surface area contributed by atoms with Crippen molar-refractivity contribution in [1.82, 2.24) is 24.5 Å². The molecule has 0 bridgehead atoms. The molecule has 3 N–H and O–H groups in total. The van der Waals surface area contributed by atoms with Gasteiger partial charge in [-0.1, -0.05) is 28.1 Å². The zero-order valence-electron chi connectivity index (χ0n) is 21.3. The first-order valence-corrected chi connectivity index (χ1v) is 12.4. The molecule has 2 aromatic carbocycles. The summed E-state index contributed by atoms with van der Waals surface area (Å²) in [6, 6.07) is 16.6. The smallest absolute Gasteiger partial charge is 0.259 e. The Balaban J connectivity index is 0.00000112. The van der Waals surface area contributed by atoms with Crippen LogP contribution in [-0.4, -0.2) is 45.8 Å². The maximum absolute atomic E-state index is 12.9. The molecule has 0 radical (unpaired) electrons. The molecule has 0 unspecified atom stereocenters. The van der Waals surface area contributed by atoms with Crippen molar-refractivity contribution < 1.29 is 9.47 Å². The van der Waals surface area contributed by atoms with Crippen LogP contribution in [0.2, 0.25) is 0 Å². The Morgan fingerprint density at radius 1 is 1.05 bits per heavy atom. The highest BCUT2D eigenvalue weighted by atomic mass is 79.9. The Morgan fingerprint density at radius 2 is 1.77 bits per heavy atom. The number of H-pyrrole nitrogens is 1. The topological polar surface area (TPSA) is 169 Å². The summed E-state index contributed by atoms with van der Waals surface area (Å²) in [6.45, 7) is 0.395. The van der Waals surface area contributed by atoms with Crippen molar-refractivity contribution in [3.05, 3.63) is 74.2 Å². The van der Waals surface area contributed by atoms with Crippen LogP contribution < -0.4 is 16.0 Å². The SMILES string of the molecule is COC.COc1cccc(CCn2c(N)c(-c3nc4ccc(Br)cc4c(=O)[nH]3)c3nc(C#N)c(C#N)nc32)c1. The van der Waals surface area contributed by atoms with Gasteiger partial charge in [0.05, 0.1) is 23.6 Å². The zero-order chi connectivity index (χ0) is 28.1. The summed E-state index contributed by atoms with van der Waals surface area (Å²) < 4.78 is 12.0. The molecule has 0 spiro atoms. The first-order valence-electron chi connectivity index (χ1n) is 11.6. The van der Waals surface area contributed by atoms with Crippen LogP contribution in [0.1, 0.15) is 17.0 Å². The lowest BCUT2D eigenvalue weighted by Gasteiger charge is -2.09. The minimum absolute atomic E-state index is 0.110. The minimum Gasteiger partial charge on any atom is -0.497 e. The number of benzene rings is 2. The maximum atomic E-state index is 12.9. The first kappa shape index (κ1) is 27.3. The molecule has 0 aliphatic carbocycles. The van der Waals surface area contributed by atoms with Gasteiger partial charge in [0.2, 0.25) is 0 Å². The van der Waals surface area contributed by atoms with E-state index < -0.39 is 0 Å². The summed E-state index contributed by atoms with van der Waals surface area (Å²) in [7, 11) is 4.85. The number of ether oxygens (including phenoxy) is 2. The molecule has 0 fully saturated rings. The van der Waals surface area contributed by atoms with Crippen LogP contribution in [0.25, 0.3) is 33.5 Å². The van der Waals surface area contributed by atoms with Crippen molar-refractivity contribution in [2.45, 2.75) is 13.0 Å². The van der Waals surface area contributed by atoms with Crippen LogP contribution in [0, 0.1) is 22.7 Å². The standard InChI is InChI=1S/C25H17BrN8O2.C2H6O/c1-36-15-4-2-3-13(9-15)7-8-34-22(29)20(21-24(34)32-19(12-28)18(11-27)30-21)23-31-17-6-5-14(26)10-16(17)25(35)33-23;1-3-2/h2-6,9-10H,7-8,29H2,1H3,(H,31,33,35);1-2H3. The number of hydrogen-bond donors (Lipinski definition) is 2. The average molecular weight is 587 g/mol. The Bertz CT molecular complexity index is 1830. The van der Waals surface area contributed by atoms with Gasteiger partial charge < -0.3 is 24.8 Å². The summed E-state index contributed by atoms with van der Waals surface area (Å²) >= 11 is 3.37. The third kappa shape index (κ3) is 5.43. The molecule has 0 saturated carbocycles. The zero-order valence-corrected chi connectivity index (χ0v) is 22.9. The number of fused-ring (bicyclic) bond motifs is 2. The fourth-order valence-electron chi connectivity index (χ4n) is 4.07. The highest BCUT2D eigenvalue weighted by Crippen LogP contribution is 2.34. The van der Waals surface area contributed by atoms with Gasteiger partial charge in [0.25, 0.3) is 5.56 Å². The van der Waals surface area contributed by atoms with Crippen LogP contribution in [0.4, 0.5) is 5.82 Å². The summed E-state index contributed by atoms with van der Waals surface area (Å²) in [6.07, 6.45) is 0.573. The number of methoxy groups -OCH3 is 2.